The zero-order chi connectivity index (χ0) is 9.31. The van der Waals surface area contributed by atoms with Crippen molar-refractivity contribution in [2.75, 3.05) is 0 Å². The van der Waals surface area contributed by atoms with Gasteiger partial charge >= 0.3 is 0 Å². The topological polar surface area (TPSA) is 37.3 Å². The first-order chi connectivity index (χ1) is 6.23. The van der Waals surface area contributed by atoms with Crippen molar-refractivity contribution in [2.45, 2.75) is 57.5 Å². The van der Waals surface area contributed by atoms with Crippen LogP contribution in [0, 0.1) is 5.41 Å². The minimum atomic E-state index is -0.203. The molecular weight excluding hydrogens is 164 g/mol. The summed E-state index contributed by atoms with van der Waals surface area (Å²) in [6.07, 6.45) is 7.57. The average molecular weight is 182 g/mol. The molecule has 2 saturated carbocycles. The quantitative estimate of drug-likeness (QED) is 0.622. The smallest absolute Gasteiger partial charge is 0.133 e. The predicted molar refractivity (Wildman–Crippen MR) is 50.4 cm³/mol. The van der Waals surface area contributed by atoms with Crippen molar-refractivity contribution in [3.8, 4) is 0 Å². The fourth-order valence-corrected chi connectivity index (χ4v) is 2.99. The minimum Gasteiger partial charge on any atom is -0.393 e. The van der Waals surface area contributed by atoms with Gasteiger partial charge in [-0.1, -0.05) is 12.8 Å². The standard InChI is InChI=1S/C11H18O2/c12-9-4-3-7-11(8-9)6-2-1-5-10(11)13/h10,13H,1-8H2/t10-,11-/m1/s1. The van der Waals surface area contributed by atoms with Crippen molar-refractivity contribution < 1.29 is 9.90 Å². The molecule has 0 heterocycles. The summed E-state index contributed by atoms with van der Waals surface area (Å²) in [7, 11) is 0. The molecule has 2 aliphatic carbocycles. The maximum atomic E-state index is 11.4. The number of hydrogen-bond acceptors (Lipinski definition) is 2. The van der Waals surface area contributed by atoms with Gasteiger partial charge in [-0.15, -0.1) is 0 Å². The molecule has 2 fully saturated rings. The molecule has 1 spiro atoms. The second-order valence-electron chi connectivity index (χ2n) is 4.69. The van der Waals surface area contributed by atoms with Gasteiger partial charge in [-0.2, -0.15) is 0 Å². The highest BCUT2D eigenvalue weighted by molar-refractivity contribution is 5.80. The highest BCUT2D eigenvalue weighted by atomic mass is 16.3. The Morgan fingerprint density at radius 3 is 2.69 bits per heavy atom. The summed E-state index contributed by atoms with van der Waals surface area (Å²) in [5.74, 6) is 0.368. The van der Waals surface area contributed by atoms with Crippen LogP contribution in [-0.4, -0.2) is 17.0 Å². The molecule has 0 radical (unpaired) electrons. The molecule has 2 heteroatoms. The van der Waals surface area contributed by atoms with E-state index in [4.69, 9.17) is 0 Å². The van der Waals surface area contributed by atoms with Crippen LogP contribution in [0.1, 0.15) is 51.4 Å². The van der Waals surface area contributed by atoms with E-state index in [-0.39, 0.29) is 11.5 Å². The molecule has 13 heavy (non-hydrogen) atoms. The molecule has 0 aromatic rings. The second kappa shape index (κ2) is 3.41. The van der Waals surface area contributed by atoms with Gasteiger partial charge in [0, 0.05) is 18.3 Å². The number of carbonyl (C=O) groups is 1. The lowest BCUT2D eigenvalue weighted by atomic mass is 9.63. The van der Waals surface area contributed by atoms with Crippen LogP contribution in [0.4, 0.5) is 0 Å². The normalized spacial score (nSPS) is 41.0. The number of rotatable bonds is 0. The van der Waals surface area contributed by atoms with E-state index in [1.54, 1.807) is 0 Å². The van der Waals surface area contributed by atoms with Gasteiger partial charge in [-0.25, -0.2) is 0 Å². The maximum absolute atomic E-state index is 11.4. The third-order valence-electron chi connectivity index (χ3n) is 3.79. The fourth-order valence-electron chi connectivity index (χ4n) is 2.99. The van der Waals surface area contributed by atoms with E-state index in [0.717, 1.165) is 38.5 Å². The Kier molecular flexibility index (Phi) is 2.41. The summed E-state index contributed by atoms with van der Waals surface area (Å²) in [6.45, 7) is 0. The van der Waals surface area contributed by atoms with E-state index < -0.39 is 0 Å². The summed E-state index contributed by atoms with van der Waals surface area (Å²) in [5.41, 5.74) is -0.00637. The van der Waals surface area contributed by atoms with Gasteiger partial charge < -0.3 is 5.11 Å². The second-order valence-corrected chi connectivity index (χ2v) is 4.69. The molecule has 2 atom stereocenters. The maximum Gasteiger partial charge on any atom is 0.133 e. The van der Waals surface area contributed by atoms with Crippen molar-refractivity contribution in [3.63, 3.8) is 0 Å². The monoisotopic (exact) mass is 182 g/mol. The number of carbonyl (C=O) groups excluding carboxylic acids is 1. The fraction of sp³-hybridized carbons (Fsp3) is 0.909. The summed E-state index contributed by atoms with van der Waals surface area (Å²) in [5, 5.41) is 9.95. The lowest BCUT2D eigenvalue weighted by Crippen LogP contribution is -2.42. The third-order valence-corrected chi connectivity index (χ3v) is 3.79. The number of hydrogen-bond donors (Lipinski definition) is 1. The molecule has 1 N–H and O–H groups in total. The molecule has 0 saturated heterocycles. The summed E-state index contributed by atoms with van der Waals surface area (Å²) in [6, 6.07) is 0. The molecule has 0 bridgehead atoms. The van der Waals surface area contributed by atoms with Gasteiger partial charge in [-0.05, 0) is 25.7 Å². The molecule has 0 unspecified atom stereocenters. The minimum absolute atomic E-state index is 0.00637. The van der Waals surface area contributed by atoms with Gasteiger partial charge in [0.2, 0.25) is 0 Å². The van der Waals surface area contributed by atoms with Crippen molar-refractivity contribution >= 4 is 5.78 Å². The lowest BCUT2D eigenvalue weighted by Gasteiger charge is -2.43. The zero-order valence-electron chi connectivity index (χ0n) is 8.09. The number of Topliss-reactive ketones (excluding diaryl/α,β-unsaturated/α-hetero) is 1. The van der Waals surface area contributed by atoms with E-state index >= 15 is 0 Å². The van der Waals surface area contributed by atoms with E-state index in [0.29, 0.717) is 12.2 Å². The SMILES string of the molecule is O=C1CCC[C@]2(CCCC[C@H]2O)C1. The largest absolute Gasteiger partial charge is 0.393 e. The molecule has 2 rings (SSSR count). The van der Waals surface area contributed by atoms with Crippen LogP contribution in [0.3, 0.4) is 0 Å². The van der Waals surface area contributed by atoms with Gasteiger partial charge in [0.25, 0.3) is 0 Å². The molecule has 74 valence electrons. The molecule has 0 amide bonds. The van der Waals surface area contributed by atoms with Gasteiger partial charge in [0.15, 0.2) is 0 Å². The Labute approximate surface area is 79.3 Å². The zero-order valence-corrected chi connectivity index (χ0v) is 8.09. The molecular formula is C11H18O2. The highest BCUT2D eigenvalue weighted by Gasteiger charge is 2.42. The number of aliphatic hydroxyl groups is 1. The van der Waals surface area contributed by atoms with Crippen molar-refractivity contribution in [1.82, 2.24) is 0 Å². The Hall–Kier alpha value is -0.370. The van der Waals surface area contributed by atoms with Crippen LogP contribution in [0.25, 0.3) is 0 Å². The van der Waals surface area contributed by atoms with Crippen LogP contribution in [0.5, 0.6) is 0 Å². The highest BCUT2D eigenvalue weighted by Crippen LogP contribution is 2.46. The van der Waals surface area contributed by atoms with Crippen molar-refractivity contribution in [3.05, 3.63) is 0 Å². The first-order valence-corrected chi connectivity index (χ1v) is 5.43. The van der Waals surface area contributed by atoms with Gasteiger partial charge in [-0.3, -0.25) is 4.79 Å². The molecule has 0 aromatic heterocycles. The third kappa shape index (κ3) is 1.64. The summed E-state index contributed by atoms with van der Waals surface area (Å²) >= 11 is 0. The Bertz CT molecular complexity index is 208. The number of aliphatic hydroxyl groups excluding tert-OH is 1. The van der Waals surface area contributed by atoms with E-state index in [1.165, 1.54) is 6.42 Å². The lowest BCUT2D eigenvalue weighted by molar-refractivity contribution is -0.129. The Morgan fingerprint density at radius 1 is 1.23 bits per heavy atom. The van der Waals surface area contributed by atoms with Crippen LogP contribution < -0.4 is 0 Å². The van der Waals surface area contributed by atoms with Crippen LogP contribution in [0.2, 0.25) is 0 Å². The van der Waals surface area contributed by atoms with Crippen molar-refractivity contribution in [2.24, 2.45) is 5.41 Å². The summed E-state index contributed by atoms with van der Waals surface area (Å²) in [4.78, 5) is 11.4. The van der Waals surface area contributed by atoms with Gasteiger partial charge in [0.05, 0.1) is 6.10 Å². The van der Waals surface area contributed by atoms with E-state index in [9.17, 15) is 9.90 Å². The Balaban J connectivity index is 2.11. The molecule has 0 aliphatic heterocycles. The molecule has 2 aliphatic rings. The first kappa shape index (κ1) is 9.20. The summed E-state index contributed by atoms with van der Waals surface area (Å²) < 4.78 is 0. The van der Waals surface area contributed by atoms with E-state index in [2.05, 4.69) is 0 Å². The van der Waals surface area contributed by atoms with Crippen LogP contribution >= 0.6 is 0 Å². The van der Waals surface area contributed by atoms with Gasteiger partial charge in [0.1, 0.15) is 5.78 Å². The predicted octanol–water partition coefficient (Wildman–Crippen LogP) is 2.05. The number of ketones is 1. The average Bonchev–Trinajstić information content (AvgIpc) is 2.11. The molecule has 2 nitrogen and oxygen atoms in total. The van der Waals surface area contributed by atoms with E-state index in [1.807, 2.05) is 0 Å². The Morgan fingerprint density at radius 2 is 2.00 bits per heavy atom. The first-order valence-electron chi connectivity index (χ1n) is 5.43. The molecule has 0 aromatic carbocycles. The van der Waals surface area contributed by atoms with Crippen LogP contribution in [0.15, 0.2) is 0 Å². The van der Waals surface area contributed by atoms with Crippen molar-refractivity contribution in [1.29, 1.82) is 0 Å². The van der Waals surface area contributed by atoms with Crippen LogP contribution in [-0.2, 0) is 4.79 Å².